The number of benzene rings is 2. The Balaban J connectivity index is 1.77. The Morgan fingerprint density at radius 2 is 2.17 bits per heavy atom. The van der Waals surface area contributed by atoms with Crippen molar-refractivity contribution in [2.75, 3.05) is 6.61 Å². The standard InChI is InChI=1S/C21H19N3O5S/c1-3-5-14-8-13(9-17(20(14)25)29-4-2)12-22-23-21(26)19-11-15-10-16(24(27)28)6-7-18(15)30-19/h3,6-12,25H,1,4-5H2,2H3,(H,23,26)/b22-12+. The minimum Gasteiger partial charge on any atom is -0.504 e. The van der Waals surface area contributed by atoms with Crippen LogP contribution in [-0.2, 0) is 6.42 Å². The largest absolute Gasteiger partial charge is 0.504 e. The minimum absolute atomic E-state index is 0.0296. The number of allylic oxidation sites excluding steroid dienone is 1. The lowest BCUT2D eigenvalue weighted by Crippen LogP contribution is -2.16. The molecule has 1 heterocycles. The molecule has 154 valence electrons. The van der Waals surface area contributed by atoms with Crippen LogP contribution in [0.2, 0.25) is 0 Å². The van der Waals surface area contributed by atoms with E-state index in [4.69, 9.17) is 4.74 Å². The summed E-state index contributed by atoms with van der Waals surface area (Å²) in [5.74, 6) is -0.0433. The lowest BCUT2D eigenvalue weighted by atomic mass is 10.1. The molecule has 2 aromatic carbocycles. The molecule has 30 heavy (non-hydrogen) atoms. The van der Waals surface area contributed by atoms with E-state index in [-0.39, 0.29) is 11.4 Å². The van der Waals surface area contributed by atoms with Gasteiger partial charge in [-0.3, -0.25) is 14.9 Å². The number of hydrazone groups is 1. The molecule has 9 heteroatoms. The molecule has 0 unspecified atom stereocenters. The minimum atomic E-state index is -0.476. The second-order valence-corrected chi connectivity index (χ2v) is 7.33. The number of nitrogens with one attached hydrogen (secondary N) is 1. The van der Waals surface area contributed by atoms with E-state index in [1.165, 1.54) is 29.7 Å². The van der Waals surface area contributed by atoms with E-state index in [2.05, 4.69) is 17.1 Å². The maximum Gasteiger partial charge on any atom is 0.281 e. The molecule has 8 nitrogen and oxygen atoms in total. The number of nitro groups is 1. The summed E-state index contributed by atoms with van der Waals surface area (Å²) in [4.78, 5) is 23.2. The molecule has 0 aliphatic rings. The van der Waals surface area contributed by atoms with E-state index in [1.54, 1.807) is 30.3 Å². The Morgan fingerprint density at radius 1 is 1.37 bits per heavy atom. The number of non-ortho nitro benzene ring substituents is 1. The van der Waals surface area contributed by atoms with Gasteiger partial charge < -0.3 is 9.84 Å². The second kappa shape index (κ2) is 9.19. The number of hydrogen-bond donors (Lipinski definition) is 2. The molecule has 3 aromatic rings. The van der Waals surface area contributed by atoms with Crippen molar-refractivity contribution >= 4 is 39.2 Å². The molecular weight excluding hydrogens is 406 g/mol. The molecule has 0 saturated carbocycles. The first-order chi connectivity index (χ1) is 14.4. The summed E-state index contributed by atoms with van der Waals surface area (Å²) in [6.45, 7) is 5.88. The number of thiophene rings is 1. The van der Waals surface area contributed by atoms with Gasteiger partial charge in [-0.15, -0.1) is 17.9 Å². The van der Waals surface area contributed by atoms with Gasteiger partial charge in [-0.1, -0.05) is 6.08 Å². The van der Waals surface area contributed by atoms with Crippen molar-refractivity contribution in [2.45, 2.75) is 13.3 Å². The van der Waals surface area contributed by atoms with Crippen LogP contribution in [0.15, 0.2) is 54.2 Å². The van der Waals surface area contributed by atoms with Gasteiger partial charge in [0.1, 0.15) is 0 Å². The molecule has 0 atom stereocenters. The van der Waals surface area contributed by atoms with Crippen LogP contribution in [0.4, 0.5) is 5.69 Å². The van der Waals surface area contributed by atoms with Gasteiger partial charge in [0, 0.05) is 27.8 Å². The van der Waals surface area contributed by atoms with E-state index in [0.29, 0.717) is 40.2 Å². The van der Waals surface area contributed by atoms with Crippen molar-refractivity contribution in [3.63, 3.8) is 0 Å². The summed E-state index contributed by atoms with van der Waals surface area (Å²) in [6, 6.07) is 9.39. The van der Waals surface area contributed by atoms with Crippen molar-refractivity contribution in [1.29, 1.82) is 0 Å². The molecular formula is C21H19N3O5S. The highest BCUT2D eigenvalue weighted by Gasteiger charge is 2.13. The number of fused-ring (bicyclic) bond motifs is 1. The van der Waals surface area contributed by atoms with Crippen LogP contribution in [0.1, 0.15) is 27.7 Å². The summed E-state index contributed by atoms with van der Waals surface area (Å²) in [7, 11) is 0. The first-order valence-corrected chi connectivity index (χ1v) is 9.85. The predicted molar refractivity (Wildman–Crippen MR) is 117 cm³/mol. The fourth-order valence-electron chi connectivity index (χ4n) is 2.82. The Kier molecular flexibility index (Phi) is 6.43. The van der Waals surface area contributed by atoms with Gasteiger partial charge >= 0.3 is 0 Å². The van der Waals surface area contributed by atoms with Gasteiger partial charge in [-0.2, -0.15) is 5.10 Å². The van der Waals surface area contributed by atoms with Gasteiger partial charge in [0.15, 0.2) is 11.5 Å². The summed E-state index contributed by atoms with van der Waals surface area (Å²) in [5, 5.41) is 25.7. The summed E-state index contributed by atoms with van der Waals surface area (Å²) >= 11 is 1.22. The van der Waals surface area contributed by atoms with Crippen LogP contribution in [0, 0.1) is 10.1 Å². The number of ether oxygens (including phenoxy) is 1. The van der Waals surface area contributed by atoms with E-state index in [9.17, 15) is 20.0 Å². The van der Waals surface area contributed by atoms with Crippen molar-refractivity contribution in [2.24, 2.45) is 5.10 Å². The molecule has 0 radical (unpaired) electrons. The zero-order valence-corrected chi connectivity index (χ0v) is 16.9. The monoisotopic (exact) mass is 425 g/mol. The van der Waals surface area contributed by atoms with Crippen molar-refractivity contribution < 1.29 is 19.6 Å². The Labute approximate surface area is 176 Å². The zero-order chi connectivity index (χ0) is 21.7. The number of aromatic hydroxyl groups is 1. The molecule has 3 rings (SSSR count). The third-order valence-corrected chi connectivity index (χ3v) is 5.27. The molecule has 0 bridgehead atoms. The fourth-order valence-corrected chi connectivity index (χ4v) is 3.75. The number of rotatable bonds is 8. The first kappa shape index (κ1) is 21.0. The Bertz CT molecular complexity index is 1150. The Morgan fingerprint density at radius 3 is 2.87 bits per heavy atom. The van der Waals surface area contributed by atoms with Crippen LogP contribution in [-0.4, -0.2) is 28.8 Å². The Hall–Kier alpha value is -3.72. The van der Waals surface area contributed by atoms with Gasteiger partial charge in [-0.25, -0.2) is 5.43 Å². The molecule has 0 aliphatic heterocycles. The van der Waals surface area contributed by atoms with Crippen LogP contribution >= 0.6 is 11.3 Å². The number of phenols is 1. The average molecular weight is 425 g/mol. The SMILES string of the molecule is C=CCc1cc(/C=N/NC(=O)c2cc3cc([N+](=O)[O-])ccc3s2)cc(OCC)c1O. The van der Waals surface area contributed by atoms with Gasteiger partial charge in [0.2, 0.25) is 0 Å². The maximum atomic E-state index is 12.4. The van der Waals surface area contributed by atoms with E-state index in [1.807, 2.05) is 6.92 Å². The highest BCUT2D eigenvalue weighted by molar-refractivity contribution is 7.20. The summed E-state index contributed by atoms with van der Waals surface area (Å²) in [6.07, 6.45) is 3.57. The quantitative estimate of drug-likeness (QED) is 0.240. The van der Waals surface area contributed by atoms with E-state index >= 15 is 0 Å². The maximum absolute atomic E-state index is 12.4. The molecule has 0 aliphatic carbocycles. The number of nitro benzene ring substituents is 1. The summed E-state index contributed by atoms with van der Waals surface area (Å²) < 4.78 is 6.21. The lowest BCUT2D eigenvalue weighted by molar-refractivity contribution is -0.384. The van der Waals surface area contributed by atoms with E-state index in [0.717, 1.165) is 4.70 Å². The second-order valence-electron chi connectivity index (χ2n) is 6.24. The molecule has 0 fully saturated rings. The molecule has 2 N–H and O–H groups in total. The topological polar surface area (TPSA) is 114 Å². The number of carbonyl (C=O) groups is 1. The van der Waals surface area contributed by atoms with Crippen LogP contribution in [0.25, 0.3) is 10.1 Å². The van der Waals surface area contributed by atoms with E-state index < -0.39 is 10.8 Å². The molecule has 1 amide bonds. The number of hydrogen-bond acceptors (Lipinski definition) is 7. The highest BCUT2D eigenvalue weighted by atomic mass is 32.1. The van der Waals surface area contributed by atoms with Crippen LogP contribution < -0.4 is 10.2 Å². The number of phenolic OH excluding ortho intramolecular Hbond substituents is 1. The predicted octanol–water partition coefficient (Wildman–Crippen LogP) is 4.41. The summed E-state index contributed by atoms with van der Waals surface area (Å²) in [5.41, 5.74) is 3.69. The van der Waals surface area contributed by atoms with Crippen LogP contribution in [0.3, 0.4) is 0 Å². The third-order valence-electron chi connectivity index (χ3n) is 4.15. The molecule has 0 spiro atoms. The molecule has 1 aromatic heterocycles. The number of amides is 1. The zero-order valence-electron chi connectivity index (χ0n) is 16.1. The van der Waals surface area contributed by atoms with Gasteiger partial charge in [0.05, 0.1) is 22.6 Å². The van der Waals surface area contributed by atoms with Crippen LogP contribution in [0.5, 0.6) is 11.5 Å². The highest BCUT2D eigenvalue weighted by Crippen LogP contribution is 2.32. The lowest BCUT2D eigenvalue weighted by Gasteiger charge is -2.10. The normalized spacial score (nSPS) is 11.0. The van der Waals surface area contributed by atoms with Gasteiger partial charge in [0.25, 0.3) is 11.6 Å². The van der Waals surface area contributed by atoms with Crippen molar-refractivity contribution in [3.05, 3.63) is 75.2 Å². The van der Waals surface area contributed by atoms with Crippen molar-refractivity contribution in [1.82, 2.24) is 5.43 Å². The smallest absolute Gasteiger partial charge is 0.281 e. The number of nitrogens with zero attached hydrogens (tertiary/aromatic N) is 2. The first-order valence-electron chi connectivity index (χ1n) is 9.04. The van der Waals surface area contributed by atoms with Crippen molar-refractivity contribution in [3.8, 4) is 11.5 Å². The molecule has 0 saturated heterocycles. The fraction of sp³-hybridized carbons (Fsp3) is 0.143. The third kappa shape index (κ3) is 4.64. The average Bonchev–Trinajstić information content (AvgIpc) is 3.15. The van der Waals surface area contributed by atoms with Gasteiger partial charge in [-0.05, 0) is 43.2 Å². The number of carbonyl (C=O) groups excluding carboxylic acids is 1.